The lowest BCUT2D eigenvalue weighted by molar-refractivity contribution is 0.301. The van der Waals surface area contributed by atoms with Crippen molar-refractivity contribution in [1.29, 1.82) is 0 Å². The molecule has 0 aliphatic heterocycles. The van der Waals surface area contributed by atoms with Crippen LogP contribution in [0.25, 0.3) is 0 Å². The first-order valence-electron chi connectivity index (χ1n) is 6.95. The fourth-order valence-corrected chi connectivity index (χ4v) is 3.07. The zero-order valence-corrected chi connectivity index (χ0v) is 13.5. The molecule has 0 atom stereocenters. The van der Waals surface area contributed by atoms with E-state index in [9.17, 15) is 0 Å². The Morgan fingerprint density at radius 3 is 2.45 bits per heavy atom. The highest BCUT2D eigenvalue weighted by atomic mass is 32.1. The number of ether oxygens (including phenoxy) is 1. The fraction of sp³-hybridized carbons (Fsp3) is 0.412. The molecule has 20 heavy (non-hydrogen) atoms. The first-order chi connectivity index (χ1) is 9.50. The molecule has 0 fully saturated rings. The van der Waals surface area contributed by atoms with E-state index in [-0.39, 0.29) is 5.41 Å². The average molecular weight is 289 g/mol. The first-order valence-corrected chi connectivity index (χ1v) is 7.77. The molecular formula is C17H23NOS. The van der Waals surface area contributed by atoms with Crippen LogP contribution < -0.4 is 10.1 Å². The van der Waals surface area contributed by atoms with Gasteiger partial charge in [0.1, 0.15) is 12.4 Å². The minimum absolute atomic E-state index is 0.101. The van der Waals surface area contributed by atoms with E-state index in [2.05, 4.69) is 56.4 Å². The molecule has 1 aromatic carbocycles. The standard InChI is InChI=1S/C17H23NOS/c1-17(2,3)15-7-5-6-8-16(15)19-12-14-10-9-13(20-14)11-18-4/h5-10,18H,11-12H2,1-4H3. The van der Waals surface area contributed by atoms with Crippen LogP contribution in [-0.2, 0) is 18.6 Å². The third-order valence-electron chi connectivity index (χ3n) is 3.13. The molecule has 0 unspecified atom stereocenters. The zero-order chi connectivity index (χ0) is 14.6. The van der Waals surface area contributed by atoms with Crippen molar-refractivity contribution < 1.29 is 4.74 Å². The van der Waals surface area contributed by atoms with Crippen LogP contribution in [0.2, 0.25) is 0 Å². The summed E-state index contributed by atoms with van der Waals surface area (Å²) in [5.41, 5.74) is 1.36. The minimum atomic E-state index is 0.101. The van der Waals surface area contributed by atoms with Gasteiger partial charge in [-0.2, -0.15) is 0 Å². The van der Waals surface area contributed by atoms with Gasteiger partial charge in [0.05, 0.1) is 0 Å². The van der Waals surface area contributed by atoms with Crippen LogP contribution >= 0.6 is 11.3 Å². The molecule has 0 aliphatic rings. The smallest absolute Gasteiger partial charge is 0.123 e. The quantitative estimate of drug-likeness (QED) is 0.884. The highest BCUT2D eigenvalue weighted by Crippen LogP contribution is 2.31. The van der Waals surface area contributed by atoms with Gasteiger partial charge in [-0.05, 0) is 36.2 Å². The Morgan fingerprint density at radius 2 is 1.75 bits per heavy atom. The van der Waals surface area contributed by atoms with Crippen LogP contribution in [0, 0.1) is 0 Å². The Morgan fingerprint density at radius 1 is 1.05 bits per heavy atom. The molecule has 2 aromatic rings. The van der Waals surface area contributed by atoms with Gasteiger partial charge in [-0.25, -0.2) is 0 Å². The summed E-state index contributed by atoms with van der Waals surface area (Å²) < 4.78 is 6.03. The van der Waals surface area contributed by atoms with Gasteiger partial charge >= 0.3 is 0 Å². The van der Waals surface area contributed by atoms with Gasteiger partial charge in [0.15, 0.2) is 0 Å². The number of thiophene rings is 1. The van der Waals surface area contributed by atoms with E-state index >= 15 is 0 Å². The van der Waals surface area contributed by atoms with Gasteiger partial charge < -0.3 is 10.1 Å². The summed E-state index contributed by atoms with van der Waals surface area (Å²) in [5, 5.41) is 3.17. The number of hydrogen-bond donors (Lipinski definition) is 1. The maximum absolute atomic E-state index is 6.03. The second-order valence-corrected chi connectivity index (χ2v) is 7.19. The van der Waals surface area contributed by atoms with Crippen molar-refractivity contribution in [3.63, 3.8) is 0 Å². The largest absolute Gasteiger partial charge is 0.488 e. The summed E-state index contributed by atoms with van der Waals surface area (Å²) >= 11 is 1.80. The van der Waals surface area contributed by atoms with E-state index in [1.165, 1.54) is 15.3 Å². The Bertz CT molecular complexity index is 554. The lowest BCUT2D eigenvalue weighted by Crippen LogP contribution is -2.13. The maximum Gasteiger partial charge on any atom is 0.123 e. The van der Waals surface area contributed by atoms with Crippen molar-refractivity contribution in [1.82, 2.24) is 5.32 Å². The lowest BCUT2D eigenvalue weighted by atomic mass is 9.86. The number of rotatable bonds is 5. The first kappa shape index (κ1) is 15.1. The zero-order valence-electron chi connectivity index (χ0n) is 12.7. The van der Waals surface area contributed by atoms with E-state index in [0.717, 1.165) is 12.3 Å². The van der Waals surface area contributed by atoms with E-state index in [4.69, 9.17) is 4.74 Å². The van der Waals surface area contributed by atoms with Crippen molar-refractivity contribution in [2.45, 2.75) is 39.3 Å². The van der Waals surface area contributed by atoms with Gasteiger partial charge in [-0.3, -0.25) is 0 Å². The van der Waals surface area contributed by atoms with Gasteiger partial charge in [0.25, 0.3) is 0 Å². The van der Waals surface area contributed by atoms with Crippen LogP contribution in [0.3, 0.4) is 0 Å². The number of benzene rings is 1. The highest BCUT2D eigenvalue weighted by molar-refractivity contribution is 7.11. The van der Waals surface area contributed by atoms with E-state index in [0.29, 0.717) is 6.61 Å². The molecule has 1 heterocycles. The predicted octanol–water partition coefficient (Wildman–Crippen LogP) is 4.34. The number of para-hydroxylation sites is 1. The Labute approximate surface area is 125 Å². The minimum Gasteiger partial charge on any atom is -0.488 e. The molecule has 0 saturated carbocycles. The Hall–Kier alpha value is -1.32. The topological polar surface area (TPSA) is 21.3 Å². The van der Waals surface area contributed by atoms with Crippen LogP contribution in [0.15, 0.2) is 36.4 Å². The van der Waals surface area contributed by atoms with Gasteiger partial charge in [0, 0.05) is 16.3 Å². The van der Waals surface area contributed by atoms with E-state index in [1.807, 2.05) is 13.1 Å². The van der Waals surface area contributed by atoms with Crippen molar-refractivity contribution in [3.8, 4) is 5.75 Å². The molecule has 0 saturated heterocycles. The Kier molecular flexibility index (Phi) is 4.84. The maximum atomic E-state index is 6.03. The molecule has 0 bridgehead atoms. The third kappa shape index (κ3) is 3.84. The summed E-state index contributed by atoms with van der Waals surface area (Å²) in [6, 6.07) is 12.6. The van der Waals surface area contributed by atoms with Crippen LogP contribution in [-0.4, -0.2) is 7.05 Å². The second kappa shape index (κ2) is 6.42. The second-order valence-electron chi connectivity index (χ2n) is 5.93. The number of hydrogen-bond acceptors (Lipinski definition) is 3. The number of nitrogens with one attached hydrogen (secondary N) is 1. The predicted molar refractivity (Wildman–Crippen MR) is 86.6 cm³/mol. The Balaban J connectivity index is 2.07. The fourth-order valence-electron chi connectivity index (χ4n) is 2.13. The van der Waals surface area contributed by atoms with Gasteiger partial charge in [-0.15, -0.1) is 11.3 Å². The molecule has 0 amide bonds. The molecule has 0 spiro atoms. The third-order valence-corrected chi connectivity index (χ3v) is 4.19. The molecule has 3 heteroatoms. The van der Waals surface area contributed by atoms with E-state index in [1.54, 1.807) is 11.3 Å². The SMILES string of the molecule is CNCc1ccc(COc2ccccc2C(C)(C)C)s1. The van der Waals surface area contributed by atoms with Crippen molar-refractivity contribution in [3.05, 3.63) is 51.7 Å². The molecule has 2 nitrogen and oxygen atoms in total. The normalized spacial score (nSPS) is 11.6. The average Bonchev–Trinajstić information content (AvgIpc) is 2.84. The molecular weight excluding hydrogens is 266 g/mol. The van der Waals surface area contributed by atoms with Crippen molar-refractivity contribution >= 4 is 11.3 Å². The molecule has 1 aromatic heterocycles. The van der Waals surface area contributed by atoms with E-state index < -0.39 is 0 Å². The summed E-state index contributed by atoms with van der Waals surface area (Å²) in [6.07, 6.45) is 0. The highest BCUT2D eigenvalue weighted by Gasteiger charge is 2.18. The van der Waals surface area contributed by atoms with Gasteiger partial charge in [0.2, 0.25) is 0 Å². The van der Waals surface area contributed by atoms with Gasteiger partial charge in [-0.1, -0.05) is 39.0 Å². The monoisotopic (exact) mass is 289 g/mol. The van der Waals surface area contributed by atoms with Crippen LogP contribution in [0.1, 0.15) is 36.1 Å². The molecule has 0 aliphatic carbocycles. The summed E-state index contributed by atoms with van der Waals surface area (Å²) in [7, 11) is 1.97. The molecule has 108 valence electrons. The molecule has 0 radical (unpaired) electrons. The lowest BCUT2D eigenvalue weighted by Gasteiger charge is -2.22. The summed E-state index contributed by atoms with van der Waals surface area (Å²) in [4.78, 5) is 2.61. The van der Waals surface area contributed by atoms with Crippen molar-refractivity contribution in [2.24, 2.45) is 0 Å². The summed E-state index contributed by atoms with van der Waals surface area (Å²) in [6.45, 7) is 8.20. The van der Waals surface area contributed by atoms with Crippen LogP contribution in [0.4, 0.5) is 0 Å². The van der Waals surface area contributed by atoms with Crippen molar-refractivity contribution in [2.75, 3.05) is 7.05 Å². The molecule has 2 rings (SSSR count). The molecule has 1 N–H and O–H groups in total. The van der Waals surface area contributed by atoms with Crippen LogP contribution in [0.5, 0.6) is 5.75 Å². The summed E-state index contributed by atoms with van der Waals surface area (Å²) in [5.74, 6) is 0.989.